The van der Waals surface area contributed by atoms with Gasteiger partial charge in [-0.25, -0.2) is 0 Å². The van der Waals surface area contributed by atoms with Crippen LogP contribution in [0, 0.1) is 6.92 Å². The molecule has 0 aliphatic heterocycles. The second-order valence-electron chi connectivity index (χ2n) is 4.14. The Hall–Kier alpha value is -2.57. The molecular weight excluding hydrogens is 260 g/mol. The summed E-state index contributed by atoms with van der Waals surface area (Å²) in [5.41, 5.74) is 6.27. The molecule has 2 rings (SSSR count). The van der Waals surface area contributed by atoms with Crippen LogP contribution in [0.3, 0.4) is 0 Å². The van der Waals surface area contributed by atoms with E-state index >= 15 is 0 Å². The molecule has 0 aliphatic rings. The molecule has 1 aromatic heterocycles. The van der Waals surface area contributed by atoms with Crippen LogP contribution in [-0.2, 0) is 11.3 Å². The Kier molecular flexibility index (Phi) is 4.54. The largest absolute Gasteiger partial charge is 0.491 e. The Morgan fingerprint density at radius 3 is 2.95 bits per heavy atom. The maximum absolute atomic E-state index is 11.6. The van der Waals surface area contributed by atoms with Gasteiger partial charge in [-0.2, -0.15) is 4.98 Å². The summed E-state index contributed by atoms with van der Waals surface area (Å²) in [5, 5.41) is 6.36. The van der Waals surface area contributed by atoms with Crippen molar-refractivity contribution in [1.29, 1.82) is 0 Å². The van der Waals surface area contributed by atoms with Crippen molar-refractivity contribution >= 4 is 11.6 Å². The van der Waals surface area contributed by atoms with E-state index in [2.05, 4.69) is 15.5 Å². The van der Waals surface area contributed by atoms with Crippen LogP contribution in [-0.4, -0.2) is 22.7 Å². The van der Waals surface area contributed by atoms with E-state index in [4.69, 9.17) is 15.0 Å². The van der Waals surface area contributed by atoms with E-state index in [1.54, 1.807) is 19.1 Å². The number of rotatable bonds is 6. The molecule has 1 heterocycles. The highest BCUT2D eigenvalue weighted by atomic mass is 16.5. The summed E-state index contributed by atoms with van der Waals surface area (Å²) in [6, 6.07) is 7.15. The van der Waals surface area contributed by atoms with E-state index in [0.29, 0.717) is 23.2 Å². The average Bonchev–Trinajstić information content (AvgIpc) is 2.84. The predicted octanol–water partition coefficient (Wildman–Crippen LogP) is 1.05. The molecule has 0 unspecified atom stereocenters. The van der Waals surface area contributed by atoms with Crippen LogP contribution in [0.15, 0.2) is 28.8 Å². The summed E-state index contributed by atoms with van der Waals surface area (Å²) in [4.78, 5) is 15.6. The molecule has 0 fully saturated rings. The fourth-order valence-electron chi connectivity index (χ4n) is 1.54. The van der Waals surface area contributed by atoms with E-state index in [-0.39, 0.29) is 25.5 Å². The van der Waals surface area contributed by atoms with Crippen molar-refractivity contribution in [2.24, 2.45) is 0 Å². The van der Waals surface area contributed by atoms with Crippen molar-refractivity contribution < 1.29 is 14.1 Å². The number of aryl methyl sites for hydroxylation is 1. The number of amides is 1. The zero-order valence-electron chi connectivity index (χ0n) is 11.1. The number of ether oxygens (including phenoxy) is 1. The first-order valence-corrected chi connectivity index (χ1v) is 6.18. The molecule has 1 aromatic carbocycles. The van der Waals surface area contributed by atoms with Gasteiger partial charge in [0, 0.05) is 6.92 Å². The topological polar surface area (TPSA) is 103 Å². The summed E-state index contributed by atoms with van der Waals surface area (Å²) in [5.74, 6) is 1.34. The number of carbonyl (C=O) groups is 1. The molecule has 0 bridgehead atoms. The smallest absolute Gasteiger partial charge is 0.223 e. The molecular formula is C13H16N4O3. The number of carbonyl (C=O) groups excluding carboxylic acids is 1. The molecule has 106 valence electrons. The van der Waals surface area contributed by atoms with Gasteiger partial charge in [-0.3, -0.25) is 4.79 Å². The molecule has 0 spiro atoms. The molecule has 7 heteroatoms. The molecule has 0 saturated heterocycles. The molecule has 0 atom stereocenters. The second kappa shape index (κ2) is 6.55. The molecule has 0 aliphatic carbocycles. The number of anilines is 1. The van der Waals surface area contributed by atoms with Gasteiger partial charge in [-0.05, 0) is 12.1 Å². The maximum atomic E-state index is 11.6. The minimum atomic E-state index is -0.151. The molecule has 7 nitrogen and oxygen atoms in total. The highest BCUT2D eigenvalue weighted by Crippen LogP contribution is 2.19. The number of nitrogens with zero attached hydrogens (tertiary/aromatic N) is 2. The zero-order chi connectivity index (χ0) is 14.4. The maximum Gasteiger partial charge on any atom is 0.223 e. The van der Waals surface area contributed by atoms with Gasteiger partial charge in [0.15, 0.2) is 5.82 Å². The van der Waals surface area contributed by atoms with E-state index in [0.717, 1.165) is 0 Å². The first-order chi connectivity index (χ1) is 9.65. The lowest BCUT2D eigenvalue weighted by molar-refractivity contribution is -0.121. The lowest BCUT2D eigenvalue weighted by Gasteiger charge is -2.08. The summed E-state index contributed by atoms with van der Waals surface area (Å²) in [6.07, 6.45) is 0.227. The van der Waals surface area contributed by atoms with Gasteiger partial charge >= 0.3 is 0 Å². The summed E-state index contributed by atoms with van der Waals surface area (Å²) in [6.45, 7) is 2.19. The van der Waals surface area contributed by atoms with Crippen molar-refractivity contribution in [3.8, 4) is 5.75 Å². The third kappa shape index (κ3) is 3.98. The van der Waals surface area contributed by atoms with E-state index in [1.807, 2.05) is 12.1 Å². The number of hydrogen-bond donors (Lipinski definition) is 2. The lowest BCUT2D eigenvalue weighted by Crippen LogP contribution is -2.25. The third-order valence-electron chi connectivity index (χ3n) is 2.52. The summed E-state index contributed by atoms with van der Waals surface area (Å²) >= 11 is 0. The Bertz CT molecular complexity index is 583. The van der Waals surface area contributed by atoms with Crippen LogP contribution in [0.2, 0.25) is 0 Å². The summed E-state index contributed by atoms with van der Waals surface area (Å²) < 4.78 is 10.2. The highest BCUT2D eigenvalue weighted by molar-refractivity contribution is 5.75. The van der Waals surface area contributed by atoms with Gasteiger partial charge in [0.2, 0.25) is 11.8 Å². The normalized spacial score (nSPS) is 10.2. The van der Waals surface area contributed by atoms with E-state index in [9.17, 15) is 4.79 Å². The van der Waals surface area contributed by atoms with Gasteiger partial charge in [0.1, 0.15) is 5.75 Å². The molecule has 1 amide bonds. The second-order valence-corrected chi connectivity index (χ2v) is 4.14. The monoisotopic (exact) mass is 276 g/mol. The number of para-hydroxylation sites is 2. The third-order valence-corrected chi connectivity index (χ3v) is 2.52. The van der Waals surface area contributed by atoms with Crippen molar-refractivity contribution in [2.75, 3.05) is 12.3 Å². The number of nitrogen functional groups attached to an aromatic ring is 1. The molecule has 0 saturated carbocycles. The number of hydrogen-bond acceptors (Lipinski definition) is 6. The summed E-state index contributed by atoms with van der Waals surface area (Å²) in [7, 11) is 0. The quantitative estimate of drug-likeness (QED) is 0.764. The fraction of sp³-hybridized carbons (Fsp3) is 0.308. The van der Waals surface area contributed by atoms with Gasteiger partial charge < -0.3 is 20.3 Å². The van der Waals surface area contributed by atoms with Crippen molar-refractivity contribution in [2.45, 2.75) is 19.9 Å². The van der Waals surface area contributed by atoms with Gasteiger partial charge in [0.05, 0.1) is 25.3 Å². The van der Waals surface area contributed by atoms with Crippen molar-refractivity contribution in [3.05, 3.63) is 36.0 Å². The fourth-order valence-corrected chi connectivity index (χ4v) is 1.54. The Morgan fingerprint density at radius 2 is 2.25 bits per heavy atom. The standard InChI is InChI=1S/C13H16N4O3/c1-9-16-12(17-20-9)8-15-13(18)6-7-19-11-5-3-2-4-10(11)14/h2-5H,6-8,14H2,1H3,(H,15,18). The van der Waals surface area contributed by atoms with E-state index < -0.39 is 0 Å². The highest BCUT2D eigenvalue weighted by Gasteiger charge is 2.06. The van der Waals surface area contributed by atoms with Crippen LogP contribution >= 0.6 is 0 Å². The SMILES string of the molecule is Cc1nc(CNC(=O)CCOc2ccccc2N)no1. The first kappa shape index (κ1) is 13.9. The van der Waals surface area contributed by atoms with Crippen molar-refractivity contribution in [1.82, 2.24) is 15.5 Å². The van der Waals surface area contributed by atoms with Gasteiger partial charge in [-0.15, -0.1) is 0 Å². The minimum absolute atomic E-state index is 0.151. The van der Waals surface area contributed by atoms with Crippen LogP contribution in [0.25, 0.3) is 0 Å². The first-order valence-electron chi connectivity index (χ1n) is 6.18. The van der Waals surface area contributed by atoms with Gasteiger partial charge in [-0.1, -0.05) is 17.3 Å². The molecule has 2 aromatic rings. The minimum Gasteiger partial charge on any atom is -0.491 e. The van der Waals surface area contributed by atoms with Crippen LogP contribution < -0.4 is 15.8 Å². The van der Waals surface area contributed by atoms with Crippen LogP contribution in [0.5, 0.6) is 5.75 Å². The van der Waals surface area contributed by atoms with Crippen LogP contribution in [0.1, 0.15) is 18.1 Å². The Morgan fingerprint density at radius 1 is 1.45 bits per heavy atom. The number of benzene rings is 1. The Balaban J connectivity index is 1.69. The Labute approximate surface area is 116 Å². The molecule has 0 radical (unpaired) electrons. The number of nitrogens with one attached hydrogen (secondary N) is 1. The van der Waals surface area contributed by atoms with E-state index in [1.165, 1.54) is 0 Å². The number of nitrogens with two attached hydrogens (primary N) is 1. The zero-order valence-corrected chi connectivity index (χ0v) is 11.1. The lowest BCUT2D eigenvalue weighted by atomic mass is 10.3. The van der Waals surface area contributed by atoms with Crippen molar-refractivity contribution in [3.63, 3.8) is 0 Å². The molecule has 3 N–H and O–H groups in total. The van der Waals surface area contributed by atoms with Crippen LogP contribution in [0.4, 0.5) is 5.69 Å². The average molecular weight is 276 g/mol. The molecule has 20 heavy (non-hydrogen) atoms. The predicted molar refractivity (Wildman–Crippen MR) is 71.8 cm³/mol. The van der Waals surface area contributed by atoms with Gasteiger partial charge in [0.25, 0.3) is 0 Å². The number of aromatic nitrogens is 2.